The van der Waals surface area contributed by atoms with Gasteiger partial charge in [-0.05, 0) is 52.0 Å². The molecule has 0 aliphatic heterocycles. The highest BCUT2D eigenvalue weighted by Gasteiger charge is 2.24. The minimum Gasteiger partial charge on any atom is -0.456 e. The summed E-state index contributed by atoms with van der Waals surface area (Å²) < 4.78 is 38.6. The van der Waals surface area contributed by atoms with Crippen LogP contribution in [0.4, 0.5) is 20.2 Å². The van der Waals surface area contributed by atoms with Crippen LogP contribution in [0, 0.1) is 18.6 Å². The van der Waals surface area contributed by atoms with E-state index in [-0.39, 0.29) is 22.7 Å². The van der Waals surface area contributed by atoms with Gasteiger partial charge in [0.25, 0.3) is 0 Å². The van der Waals surface area contributed by atoms with Crippen LogP contribution in [0.2, 0.25) is 0 Å². The van der Waals surface area contributed by atoms with Gasteiger partial charge in [0.1, 0.15) is 11.4 Å². The summed E-state index contributed by atoms with van der Waals surface area (Å²) in [6, 6.07) is 4.92. The van der Waals surface area contributed by atoms with Crippen LogP contribution in [0.3, 0.4) is 0 Å². The predicted molar refractivity (Wildman–Crippen MR) is 91.6 cm³/mol. The van der Waals surface area contributed by atoms with Crippen LogP contribution in [0.5, 0.6) is 11.5 Å². The number of hydrogen-bond acceptors (Lipinski definition) is 5. The number of carbonyl (C=O) groups is 1. The minimum absolute atomic E-state index is 0.0680. The van der Waals surface area contributed by atoms with Crippen molar-refractivity contribution >= 4 is 17.3 Å². The molecule has 134 valence electrons. The minimum atomic E-state index is -1.02. The normalized spacial score (nSPS) is 11.3. The smallest absolute Gasteiger partial charge is 0.341 e. The maximum atomic E-state index is 14.0. The van der Waals surface area contributed by atoms with Crippen molar-refractivity contribution < 1.29 is 23.0 Å². The van der Waals surface area contributed by atoms with Gasteiger partial charge in [-0.1, -0.05) is 0 Å². The molecule has 0 heterocycles. The number of carbonyl (C=O) groups excluding carboxylic acids is 1. The molecule has 2 rings (SSSR count). The SMILES string of the molecule is Cc1c(Oc2c(F)ccc(N)c2F)ccc(N)c1C(=O)OC(C)(C)C. The van der Waals surface area contributed by atoms with Crippen molar-refractivity contribution in [3.05, 3.63) is 47.0 Å². The monoisotopic (exact) mass is 350 g/mol. The summed E-state index contributed by atoms with van der Waals surface area (Å²) >= 11 is 0. The zero-order chi connectivity index (χ0) is 18.9. The van der Waals surface area contributed by atoms with Crippen molar-refractivity contribution in [2.24, 2.45) is 0 Å². The van der Waals surface area contributed by atoms with Gasteiger partial charge in [0.15, 0.2) is 11.6 Å². The number of nitrogens with two attached hydrogens (primary N) is 2. The standard InChI is InChI=1S/C18H20F2N2O3/c1-9-13(24-16-10(19)5-6-12(22)15(16)20)8-7-11(21)14(9)17(23)25-18(2,3)4/h5-8H,21-22H2,1-4H3. The molecule has 0 amide bonds. The van der Waals surface area contributed by atoms with Crippen molar-refractivity contribution in [3.63, 3.8) is 0 Å². The Hall–Kier alpha value is -2.83. The van der Waals surface area contributed by atoms with Gasteiger partial charge in [-0.2, -0.15) is 0 Å². The van der Waals surface area contributed by atoms with Gasteiger partial charge in [0, 0.05) is 11.3 Å². The predicted octanol–water partition coefficient (Wildman–Crippen LogP) is 4.19. The first-order valence-electron chi connectivity index (χ1n) is 7.55. The highest BCUT2D eigenvalue weighted by molar-refractivity contribution is 5.97. The summed E-state index contributed by atoms with van der Waals surface area (Å²) in [5, 5.41) is 0. The van der Waals surface area contributed by atoms with E-state index in [4.69, 9.17) is 20.9 Å². The quantitative estimate of drug-likeness (QED) is 0.640. The lowest BCUT2D eigenvalue weighted by Crippen LogP contribution is -2.25. The number of halogens is 2. The Morgan fingerprint density at radius 1 is 1.04 bits per heavy atom. The van der Waals surface area contributed by atoms with Gasteiger partial charge < -0.3 is 20.9 Å². The fraction of sp³-hybridized carbons (Fsp3) is 0.278. The van der Waals surface area contributed by atoms with Crippen LogP contribution in [0.1, 0.15) is 36.7 Å². The van der Waals surface area contributed by atoms with Crippen LogP contribution in [0.15, 0.2) is 24.3 Å². The van der Waals surface area contributed by atoms with Crippen LogP contribution in [-0.4, -0.2) is 11.6 Å². The first kappa shape index (κ1) is 18.5. The Morgan fingerprint density at radius 2 is 1.64 bits per heavy atom. The third-order valence-corrected chi connectivity index (χ3v) is 3.34. The van der Waals surface area contributed by atoms with Gasteiger partial charge in [0.05, 0.1) is 11.3 Å². The molecule has 0 spiro atoms. The second kappa shape index (κ2) is 6.58. The summed E-state index contributed by atoms with van der Waals surface area (Å²) in [6.45, 7) is 6.70. The topological polar surface area (TPSA) is 87.6 Å². The molecule has 25 heavy (non-hydrogen) atoms. The van der Waals surface area contributed by atoms with Crippen LogP contribution < -0.4 is 16.2 Å². The van der Waals surface area contributed by atoms with Crippen molar-refractivity contribution in [1.82, 2.24) is 0 Å². The van der Waals surface area contributed by atoms with E-state index in [1.54, 1.807) is 27.7 Å². The van der Waals surface area contributed by atoms with Crippen molar-refractivity contribution in [3.8, 4) is 11.5 Å². The number of rotatable bonds is 3. The van der Waals surface area contributed by atoms with Crippen molar-refractivity contribution in [2.45, 2.75) is 33.3 Å². The Balaban J connectivity index is 2.47. The van der Waals surface area contributed by atoms with Gasteiger partial charge >= 0.3 is 5.97 Å². The Labute approximate surface area is 144 Å². The number of nitrogen functional groups attached to an aromatic ring is 2. The van der Waals surface area contributed by atoms with Crippen LogP contribution in [0.25, 0.3) is 0 Å². The summed E-state index contributed by atoms with van der Waals surface area (Å²) in [4.78, 5) is 12.4. The first-order valence-corrected chi connectivity index (χ1v) is 7.55. The average molecular weight is 350 g/mol. The van der Waals surface area contributed by atoms with E-state index in [0.29, 0.717) is 5.56 Å². The summed E-state index contributed by atoms with van der Waals surface area (Å²) in [5.41, 5.74) is 10.9. The summed E-state index contributed by atoms with van der Waals surface area (Å²) in [5.74, 6) is -3.17. The first-order chi connectivity index (χ1) is 11.5. The molecule has 7 heteroatoms. The Bertz CT molecular complexity index is 830. The summed E-state index contributed by atoms with van der Waals surface area (Å²) in [6.07, 6.45) is 0. The van der Waals surface area contributed by atoms with E-state index in [0.717, 1.165) is 12.1 Å². The maximum Gasteiger partial charge on any atom is 0.341 e. The number of hydrogen-bond donors (Lipinski definition) is 2. The molecule has 0 aliphatic rings. The lowest BCUT2D eigenvalue weighted by Gasteiger charge is -2.21. The number of esters is 1. The average Bonchev–Trinajstić information content (AvgIpc) is 2.48. The Morgan fingerprint density at radius 3 is 2.24 bits per heavy atom. The second-order valence-electron chi connectivity index (χ2n) is 6.54. The van der Waals surface area contributed by atoms with E-state index in [9.17, 15) is 13.6 Å². The molecule has 2 aromatic carbocycles. The summed E-state index contributed by atoms with van der Waals surface area (Å²) in [7, 11) is 0. The molecule has 5 nitrogen and oxygen atoms in total. The van der Waals surface area contributed by atoms with Gasteiger partial charge in [-0.3, -0.25) is 0 Å². The second-order valence-corrected chi connectivity index (χ2v) is 6.54. The highest BCUT2D eigenvalue weighted by atomic mass is 19.1. The fourth-order valence-electron chi connectivity index (χ4n) is 2.18. The fourth-order valence-corrected chi connectivity index (χ4v) is 2.18. The largest absolute Gasteiger partial charge is 0.456 e. The third kappa shape index (κ3) is 3.99. The van der Waals surface area contributed by atoms with Gasteiger partial charge in [-0.15, -0.1) is 0 Å². The van der Waals surface area contributed by atoms with E-state index in [1.807, 2.05) is 0 Å². The van der Waals surface area contributed by atoms with Crippen LogP contribution >= 0.6 is 0 Å². The number of benzene rings is 2. The molecule has 0 aromatic heterocycles. The molecular weight excluding hydrogens is 330 g/mol. The van der Waals surface area contributed by atoms with Crippen LogP contribution in [-0.2, 0) is 4.74 Å². The highest BCUT2D eigenvalue weighted by Crippen LogP contribution is 2.35. The van der Waals surface area contributed by atoms with Gasteiger partial charge in [-0.25, -0.2) is 13.6 Å². The van der Waals surface area contributed by atoms with Gasteiger partial charge in [0.2, 0.25) is 5.75 Å². The molecule has 0 unspecified atom stereocenters. The maximum absolute atomic E-state index is 14.0. The molecule has 4 N–H and O–H groups in total. The molecule has 0 bridgehead atoms. The van der Waals surface area contributed by atoms with E-state index in [2.05, 4.69) is 0 Å². The molecular formula is C18H20F2N2O3. The molecule has 0 fully saturated rings. The molecule has 0 saturated carbocycles. The van der Waals surface area contributed by atoms with Crippen molar-refractivity contribution in [2.75, 3.05) is 11.5 Å². The van der Waals surface area contributed by atoms with E-state index < -0.39 is 29.0 Å². The third-order valence-electron chi connectivity index (χ3n) is 3.34. The zero-order valence-corrected chi connectivity index (χ0v) is 14.4. The molecule has 0 aliphatic carbocycles. The molecule has 0 atom stereocenters. The van der Waals surface area contributed by atoms with E-state index in [1.165, 1.54) is 12.1 Å². The van der Waals surface area contributed by atoms with Crippen molar-refractivity contribution in [1.29, 1.82) is 0 Å². The lowest BCUT2D eigenvalue weighted by molar-refractivity contribution is 0.00697. The van der Waals surface area contributed by atoms with E-state index >= 15 is 0 Å². The molecule has 0 radical (unpaired) electrons. The number of anilines is 2. The molecule has 2 aromatic rings. The zero-order valence-electron chi connectivity index (χ0n) is 14.4. The number of ether oxygens (including phenoxy) is 2. The lowest BCUT2D eigenvalue weighted by atomic mass is 10.0. The Kier molecular flexibility index (Phi) is 4.87. The molecule has 0 saturated heterocycles.